The van der Waals surface area contributed by atoms with E-state index in [1.807, 2.05) is 0 Å². The van der Waals surface area contributed by atoms with E-state index in [1.165, 1.54) is 0 Å². The number of carbonyl (C=O) groups is 1. The molecule has 82 valence electrons. The van der Waals surface area contributed by atoms with Crippen LogP contribution in [0.2, 0.25) is 0 Å². The van der Waals surface area contributed by atoms with Gasteiger partial charge in [0.15, 0.2) is 5.05 Å². The van der Waals surface area contributed by atoms with Crippen LogP contribution in [0.4, 0.5) is 0 Å². The smallest absolute Gasteiger partial charge is 0.329 e. The highest BCUT2D eigenvalue weighted by Gasteiger charge is 2.04. The van der Waals surface area contributed by atoms with Crippen molar-refractivity contribution >= 4 is 48.5 Å². The van der Waals surface area contributed by atoms with Gasteiger partial charge in [0.05, 0.1) is 0 Å². The Bertz CT molecular complexity index is 197. The van der Waals surface area contributed by atoms with Gasteiger partial charge < -0.3 is 14.6 Å². The van der Waals surface area contributed by atoms with Gasteiger partial charge in [-0.05, 0) is 12.2 Å². The van der Waals surface area contributed by atoms with E-state index in [4.69, 9.17) is 26.8 Å². The molecule has 0 aromatic heterocycles. The first-order valence-corrected chi connectivity index (χ1v) is 5.36. The molecule has 0 rings (SSSR count). The zero-order valence-electron chi connectivity index (χ0n) is 7.38. The minimum absolute atomic E-state index is 0.00863. The van der Waals surface area contributed by atoms with E-state index < -0.39 is 5.97 Å². The predicted octanol–water partition coefficient (Wildman–Crippen LogP) is 0.660. The Balaban J connectivity index is 3.41. The lowest BCUT2D eigenvalue weighted by atomic mass is 10.5. The highest BCUT2D eigenvalue weighted by atomic mass is 32.1. The Kier molecular flexibility index (Phi) is 8.35. The van der Waals surface area contributed by atoms with Gasteiger partial charge in [0.2, 0.25) is 0 Å². The summed E-state index contributed by atoms with van der Waals surface area (Å²) in [6, 6.07) is 0. The molecule has 4 nitrogen and oxygen atoms in total. The molecular formula is C7H12O4S3. The van der Waals surface area contributed by atoms with E-state index in [0.717, 1.165) is 0 Å². The van der Waals surface area contributed by atoms with E-state index in [9.17, 15) is 4.79 Å². The second-order valence-electron chi connectivity index (χ2n) is 2.41. The molecule has 0 aliphatic carbocycles. The highest BCUT2D eigenvalue weighted by molar-refractivity contribution is 7.84. The van der Waals surface area contributed by atoms with E-state index in [2.05, 4.69) is 25.3 Å². The fourth-order valence-corrected chi connectivity index (χ4v) is 0.837. The fraction of sp³-hybridized carbons (Fsp3) is 0.714. The minimum atomic E-state index is -1.03. The first kappa shape index (κ1) is 14.0. The number of carboxylic acid groups (broad SMARTS) is 1. The SMILES string of the molecule is O=C(O)COCC(=S)OCC(S)CS. The van der Waals surface area contributed by atoms with Crippen molar-refractivity contribution in [3.05, 3.63) is 0 Å². The van der Waals surface area contributed by atoms with E-state index >= 15 is 0 Å². The van der Waals surface area contributed by atoms with Gasteiger partial charge in [0.25, 0.3) is 0 Å². The summed E-state index contributed by atoms with van der Waals surface area (Å²) in [5, 5.41) is 8.49. The number of hydrogen-bond acceptors (Lipinski definition) is 6. The van der Waals surface area contributed by atoms with Crippen molar-refractivity contribution in [2.24, 2.45) is 0 Å². The van der Waals surface area contributed by atoms with Crippen molar-refractivity contribution in [2.75, 3.05) is 25.6 Å². The van der Waals surface area contributed by atoms with Crippen LogP contribution in [0.5, 0.6) is 0 Å². The normalized spacial score (nSPS) is 12.1. The van der Waals surface area contributed by atoms with Crippen molar-refractivity contribution in [1.82, 2.24) is 0 Å². The molecule has 0 aliphatic heterocycles. The molecule has 0 radical (unpaired) electrons. The molecule has 0 aromatic rings. The summed E-state index contributed by atoms with van der Waals surface area (Å²) in [6.07, 6.45) is 0. The summed E-state index contributed by atoms with van der Waals surface area (Å²) < 4.78 is 9.78. The summed E-state index contributed by atoms with van der Waals surface area (Å²) in [5.41, 5.74) is 0. The third-order valence-electron chi connectivity index (χ3n) is 1.09. The fourth-order valence-electron chi connectivity index (χ4n) is 0.505. The van der Waals surface area contributed by atoms with Crippen LogP contribution in [-0.4, -0.2) is 46.9 Å². The van der Waals surface area contributed by atoms with Crippen LogP contribution < -0.4 is 0 Å². The zero-order valence-corrected chi connectivity index (χ0v) is 9.99. The Morgan fingerprint density at radius 3 is 2.64 bits per heavy atom. The number of hydrogen-bond donors (Lipinski definition) is 3. The van der Waals surface area contributed by atoms with Crippen LogP contribution in [0.25, 0.3) is 0 Å². The Labute approximate surface area is 98.8 Å². The van der Waals surface area contributed by atoms with Crippen molar-refractivity contribution < 1.29 is 19.4 Å². The molecule has 7 heteroatoms. The number of carboxylic acids is 1. The van der Waals surface area contributed by atoms with Crippen molar-refractivity contribution in [1.29, 1.82) is 0 Å². The van der Waals surface area contributed by atoms with Gasteiger partial charge in [-0.15, -0.1) is 0 Å². The van der Waals surface area contributed by atoms with Gasteiger partial charge in [0, 0.05) is 11.0 Å². The highest BCUT2D eigenvalue weighted by Crippen LogP contribution is 1.99. The van der Waals surface area contributed by atoms with E-state index in [0.29, 0.717) is 12.4 Å². The molecule has 1 N–H and O–H groups in total. The Hall–Kier alpha value is 0.0200. The van der Waals surface area contributed by atoms with Crippen LogP contribution >= 0.6 is 37.5 Å². The molecule has 0 aromatic carbocycles. The maximum absolute atomic E-state index is 10.1. The van der Waals surface area contributed by atoms with Gasteiger partial charge >= 0.3 is 5.97 Å². The van der Waals surface area contributed by atoms with Crippen LogP contribution in [0.3, 0.4) is 0 Å². The van der Waals surface area contributed by atoms with Crippen LogP contribution in [0.1, 0.15) is 0 Å². The molecule has 0 aliphatic rings. The average molecular weight is 256 g/mol. The quantitative estimate of drug-likeness (QED) is 0.461. The third-order valence-corrected chi connectivity index (χ3v) is 2.39. The van der Waals surface area contributed by atoms with Crippen molar-refractivity contribution in [3.63, 3.8) is 0 Å². The lowest BCUT2D eigenvalue weighted by molar-refractivity contribution is -0.141. The molecule has 0 bridgehead atoms. The number of ether oxygens (including phenoxy) is 2. The lowest BCUT2D eigenvalue weighted by Gasteiger charge is -2.10. The first-order valence-electron chi connectivity index (χ1n) is 3.80. The average Bonchev–Trinajstić information content (AvgIpc) is 2.13. The van der Waals surface area contributed by atoms with Crippen LogP contribution in [0.15, 0.2) is 0 Å². The van der Waals surface area contributed by atoms with Gasteiger partial charge in [-0.1, -0.05) is 0 Å². The molecule has 14 heavy (non-hydrogen) atoms. The molecule has 1 unspecified atom stereocenters. The number of thiol groups is 2. The number of thiocarbonyl (C=S) groups is 1. The monoisotopic (exact) mass is 256 g/mol. The molecule has 0 heterocycles. The third kappa shape index (κ3) is 8.61. The minimum Gasteiger partial charge on any atom is -0.483 e. The maximum atomic E-state index is 10.1. The largest absolute Gasteiger partial charge is 0.483 e. The summed E-state index contributed by atoms with van der Waals surface area (Å²) >= 11 is 12.9. The Morgan fingerprint density at radius 1 is 1.50 bits per heavy atom. The topological polar surface area (TPSA) is 55.8 Å². The molecule has 1 atom stereocenters. The second kappa shape index (κ2) is 8.34. The van der Waals surface area contributed by atoms with Crippen molar-refractivity contribution in [3.8, 4) is 0 Å². The van der Waals surface area contributed by atoms with Gasteiger partial charge in [-0.2, -0.15) is 25.3 Å². The standard InChI is InChI=1S/C7H12O4S3/c8-6(9)2-10-3-7(14)11-1-5(13)4-12/h5,12-13H,1-4H2,(H,8,9). The predicted molar refractivity (Wildman–Crippen MR) is 63.6 cm³/mol. The molecule has 0 saturated heterocycles. The van der Waals surface area contributed by atoms with Gasteiger partial charge in [-0.3, -0.25) is 0 Å². The summed E-state index contributed by atoms with van der Waals surface area (Å²) in [5.74, 6) is -0.447. The van der Waals surface area contributed by atoms with Gasteiger partial charge in [0.1, 0.15) is 19.8 Å². The molecule has 0 fully saturated rings. The van der Waals surface area contributed by atoms with E-state index in [-0.39, 0.29) is 23.5 Å². The molecule has 0 spiro atoms. The molecule has 0 saturated carbocycles. The lowest BCUT2D eigenvalue weighted by Crippen LogP contribution is -2.19. The summed E-state index contributed by atoms with van der Waals surface area (Å²) in [7, 11) is 0. The maximum Gasteiger partial charge on any atom is 0.329 e. The van der Waals surface area contributed by atoms with Crippen molar-refractivity contribution in [2.45, 2.75) is 5.25 Å². The van der Waals surface area contributed by atoms with Crippen LogP contribution in [-0.2, 0) is 14.3 Å². The Morgan fingerprint density at radius 2 is 2.14 bits per heavy atom. The summed E-state index contributed by atoms with van der Waals surface area (Å²) in [6.45, 7) is -0.0169. The molecule has 0 amide bonds. The van der Waals surface area contributed by atoms with E-state index in [1.54, 1.807) is 0 Å². The van der Waals surface area contributed by atoms with Gasteiger partial charge in [-0.25, -0.2) is 4.79 Å². The second-order valence-corrected chi connectivity index (χ2v) is 3.96. The zero-order chi connectivity index (χ0) is 11.0. The molecular weight excluding hydrogens is 244 g/mol. The summed E-state index contributed by atoms with van der Waals surface area (Å²) in [4.78, 5) is 10.1. The number of rotatable bonds is 7. The first-order chi connectivity index (χ1) is 6.56. The van der Waals surface area contributed by atoms with Crippen LogP contribution in [0, 0.1) is 0 Å². The number of aliphatic carboxylic acids is 1.